The van der Waals surface area contributed by atoms with Crippen LogP contribution in [-0.4, -0.2) is 13.7 Å². The number of rotatable bonds is 6. The lowest BCUT2D eigenvalue weighted by molar-refractivity contribution is 0.297. The molecule has 0 heterocycles. The molecular formula is C19H31NO. The lowest BCUT2D eigenvalue weighted by Gasteiger charge is -2.29. The van der Waals surface area contributed by atoms with E-state index in [9.17, 15) is 0 Å². The average molecular weight is 289 g/mol. The minimum absolute atomic E-state index is 0.423. The van der Waals surface area contributed by atoms with Crippen molar-refractivity contribution in [2.24, 2.45) is 5.92 Å². The Bertz CT molecular complexity index is 449. The minimum atomic E-state index is 0.423. The molecule has 1 N–H and O–H groups in total. The van der Waals surface area contributed by atoms with Gasteiger partial charge in [0.15, 0.2) is 0 Å². The summed E-state index contributed by atoms with van der Waals surface area (Å²) >= 11 is 0. The van der Waals surface area contributed by atoms with Crippen molar-refractivity contribution in [1.82, 2.24) is 5.32 Å². The molecule has 1 aromatic rings. The Morgan fingerprint density at radius 2 is 1.90 bits per heavy atom. The highest BCUT2D eigenvalue weighted by atomic mass is 16.5. The van der Waals surface area contributed by atoms with Crippen LogP contribution in [0.5, 0.6) is 5.75 Å². The summed E-state index contributed by atoms with van der Waals surface area (Å²) < 4.78 is 5.73. The van der Waals surface area contributed by atoms with E-state index in [-0.39, 0.29) is 0 Å². The van der Waals surface area contributed by atoms with Gasteiger partial charge in [0.2, 0.25) is 0 Å². The summed E-state index contributed by atoms with van der Waals surface area (Å²) in [5.41, 5.74) is 3.93. The Hall–Kier alpha value is -1.02. The summed E-state index contributed by atoms with van der Waals surface area (Å²) in [6.07, 6.45) is 8.29. The number of hydrogen-bond donors (Lipinski definition) is 1. The molecule has 0 aromatic heterocycles. The molecule has 1 aliphatic carbocycles. The molecule has 1 aromatic carbocycles. The summed E-state index contributed by atoms with van der Waals surface area (Å²) in [5.74, 6) is 1.95. The number of aryl methyl sites for hydroxylation is 1. The number of nitrogens with one attached hydrogen (secondary N) is 1. The Morgan fingerprint density at radius 3 is 2.52 bits per heavy atom. The van der Waals surface area contributed by atoms with Crippen molar-refractivity contribution in [1.29, 1.82) is 0 Å². The molecule has 1 unspecified atom stereocenters. The van der Waals surface area contributed by atoms with Crippen molar-refractivity contribution in [3.05, 3.63) is 28.8 Å². The van der Waals surface area contributed by atoms with E-state index < -0.39 is 0 Å². The first-order chi connectivity index (χ1) is 10.2. The SMILES string of the molecule is CCNC(CC1CCCCC1)c1ccc(C)c(C)c1OC. The zero-order valence-corrected chi connectivity index (χ0v) is 14.2. The summed E-state index contributed by atoms with van der Waals surface area (Å²) in [7, 11) is 1.80. The monoisotopic (exact) mass is 289 g/mol. The minimum Gasteiger partial charge on any atom is -0.496 e. The van der Waals surface area contributed by atoms with Crippen LogP contribution in [0.1, 0.15) is 68.2 Å². The fourth-order valence-electron chi connectivity index (χ4n) is 3.68. The van der Waals surface area contributed by atoms with Gasteiger partial charge in [0.25, 0.3) is 0 Å². The van der Waals surface area contributed by atoms with Crippen LogP contribution < -0.4 is 10.1 Å². The number of ether oxygens (including phenoxy) is 1. The van der Waals surface area contributed by atoms with Crippen LogP contribution in [0.15, 0.2) is 12.1 Å². The Balaban J connectivity index is 2.22. The maximum absolute atomic E-state index is 5.73. The number of hydrogen-bond acceptors (Lipinski definition) is 2. The van der Waals surface area contributed by atoms with Gasteiger partial charge in [-0.2, -0.15) is 0 Å². The van der Waals surface area contributed by atoms with Gasteiger partial charge in [-0.15, -0.1) is 0 Å². The number of methoxy groups -OCH3 is 1. The van der Waals surface area contributed by atoms with Gasteiger partial charge in [-0.3, -0.25) is 0 Å². The quantitative estimate of drug-likeness (QED) is 0.801. The second-order valence-corrected chi connectivity index (χ2v) is 6.48. The second kappa shape index (κ2) is 7.84. The van der Waals surface area contributed by atoms with Crippen molar-refractivity contribution in [3.8, 4) is 5.75 Å². The van der Waals surface area contributed by atoms with E-state index in [4.69, 9.17) is 4.74 Å². The molecule has 2 nitrogen and oxygen atoms in total. The third-order valence-electron chi connectivity index (χ3n) is 5.03. The van der Waals surface area contributed by atoms with Crippen molar-refractivity contribution in [2.45, 2.75) is 65.3 Å². The highest BCUT2D eigenvalue weighted by Gasteiger charge is 2.23. The first-order valence-corrected chi connectivity index (χ1v) is 8.54. The third-order valence-corrected chi connectivity index (χ3v) is 5.03. The van der Waals surface area contributed by atoms with E-state index in [1.807, 2.05) is 0 Å². The molecule has 1 saturated carbocycles. The summed E-state index contributed by atoms with van der Waals surface area (Å²) in [6.45, 7) is 7.53. The molecule has 1 aliphatic rings. The maximum Gasteiger partial charge on any atom is 0.126 e. The van der Waals surface area contributed by atoms with Crippen molar-refractivity contribution < 1.29 is 4.74 Å². The van der Waals surface area contributed by atoms with Crippen LogP contribution in [0.25, 0.3) is 0 Å². The van der Waals surface area contributed by atoms with Gasteiger partial charge in [-0.05, 0) is 43.9 Å². The molecule has 0 radical (unpaired) electrons. The maximum atomic E-state index is 5.73. The second-order valence-electron chi connectivity index (χ2n) is 6.48. The van der Waals surface area contributed by atoms with Crippen molar-refractivity contribution in [2.75, 3.05) is 13.7 Å². The van der Waals surface area contributed by atoms with Crippen LogP contribution in [-0.2, 0) is 0 Å². The fraction of sp³-hybridized carbons (Fsp3) is 0.684. The smallest absolute Gasteiger partial charge is 0.126 e. The Labute approximate surface area is 130 Å². The average Bonchev–Trinajstić information content (AvgIpc) is 2.50. The number of benzene rings is 1. The zero-order chi connectivity index (χ0) is 15.2. The van der Waals surface area contributed by atoms with Crippen LogP contribution >= 0.6 is 0 Å². The molecule has 0 bridgehead atoms. The molecule has 0 aliphatic heterocycles. The topological polar surface area (TPSA) is 21.3 Å². The first-order valence-electron chi connectivity index (χ1n) is 8.54. The molecule has 1 atom stereocenters. The molecule has 0 saturated heterocycles. The van der Waals surface area contributed by atoms with Gasteiger partial charge in [0.05, 0.1) is 7.11 Å². The summed E-state index contributed by atoms with van der Waals surface area (Å²) in [6, 6.07) is 4.92. The fourth-order valence-corrected chi connectivity index (χ4v) is 3.68. The largest absolute Gasteiger partial charge is 0.496 e. The first kappa shape index (κ1) is 16.4. The molecule has 0 amide bonds. The predicted octanol–water partition coefficient (Wildman–Crippen LogP) is 4.93. The molecule has 2 heteroatoms. The summed E-state index contributed by atoms with van der Waals surface area (Å²) in [4.78, 5) is 0. The van der Waals surface area contributed by atoms with E-state index >= 15 is 0 Å². The molecule has 2 rings (SSSR count). The van der Waals surface area contributed by atoms with Crippen molar-refractivity contribution >= 4 is 0 Å². The van der Waals surface area contributed by atoms with E-state index in [0.717, 1.165) is 18.2 Å². The molecular weight excluding hydrogens is 258 g/mol. The Kier molecular flexibility index (Phi) is 6.10. The molecule has 1 fully saturated rings. The van der Waals surface area contributed by atoms with Crippen molar-refractivity contribution in [3.63, 3.8) is 0 Å². The normalized spacial score (nSPS) is 17.7. The van der Waals surface area contributed by atoms with Crippen LogP contribution in [0, 0.1) is 19.8 Å². The standard InChI is InChI=1S/C19H31NO/c1-5-20-18(13-16-9-7-6-8-10-16)17-12-11-14(2)15(3)19(17)21-4/h11-12,16,18,20H,5-10,13H2,1-4H3. The van der Waals surface area contributed by atoms with E-state index in [0.29, 0.717) is 6.04 Å². The molecule has 21 heavy (non-hydrogen) atoms. The van der Waals surface area contributed by atoms with Crippen LogP contribution in [0.4, 0.5) is 0 Å². The molecule has 0 spiro atoms. The predicted molar refractivity (Wildman–Crippen MR) is 90.1 cm³/mol. The van der Waals surface area contributed by atoms with Gasteiger partial charge in [0.1, 0.15) is 5.75 Å². The molecule has 118 valence electrons. The zero-order valence-electron chi connectivity index (χ0n) is 14.2. The highest BCUT2D eigenvalue weighted by molar-refractivity contribution is 5.46. The lowest BCUT2D eigenvalue weighted by atomic mass is 9.82. The lowest BCUT2D eigenvalue weighted by Crippen LogP contribution is -2.25. The Morgan fingerprint density at radius 1 is 1.19 bits per heavy atom. The van der Waals surface area contributed by atoms with E-state index in [2.05, 4.69) is 38.2 Å². The van der Waals surface area contributed by atoms with Gasteiger partial charge < -0.3 is 10.1 Å². The van der Waals surface area contributed by atoms with Crippen LogP contribution in [0.2, 0.25) is 0 Å². The third kappa shape index (κ3) is 4.00. The van der Waals surface area contributed by atoms with Gasteiger partial charge in [0, 0.05) is 11.6 Å². The van der Waals surface area contributed by atoms with Gasteiger partial charge >= 0.3 is 0 Å². The highest BCUT2D eigenvalue weighted by Crippen LogP contribution is 2.37. The summed E-state index contributed by atoms with van der Waals surface area (Å²) in [5, 5.41) is 3.69. The van der Waals surface area contributed by atoms with E-state index in [1.54, 1.807) is 7.11 Å². The van der Waals surface area contributed by atoms with Gasteiger partial charge in [-0.25, -0.2) is 0 Å². The van der Waals surface area contributed by atoms with E-state index in [1.165, 1.54) is 55.2 Å². The van der Waals surface area contributed by atoms with Crippen LogP contribution in [0.3, 0.4) is 0 Å². The van der Waals surface area contributed by atoms with Gasteiger partial charge in [-0.1, -0.05) is 51.2 Å².